The van der Waals surface area contributed by atoms with Gasteiger partial charge in [-0.25, -0.2) is 4.98 Å². The van der Waals surface area contributed by atoms with Crippen LogP contribution < -0.4 is 0 Å². The van der Waals surface area contributed by atoms with Gasteiger partial charge in [-0.3, -0.25) is 0 Å². The van der Waals surface area contributed by atoms with E-state index >= 15 is 0 Å². The van der Waals surface area contributed by atoms with E-state index in [2.05, 4.69) is 32.7 Å². The summed E-state index contributed by atoms with van der Waals surface area (Å²) in [4.78, 5) is 5.96. The molecule has 15 heavy (non-hydrogen) atoms. The second-order valence-corrected chi connectivity index (χ2v) is 6.62. The molecule has 1 N–H and O–H groups in total. The molecule has 0 spiro atoms. The topological polar surface area (TPSA) is 33.1 Å². The number of rotatable bonds is 2. The van der Waals surface area contributed by atoms with Crippen molar-refractivity contribution in [2.24, 2.45) is 0 Å². The molecule has 0 amide bonds. The molecule has 0 radical (unpaired) electrons. The van der Waals surface area contributed by atoms with Crippen molar-refractivity contribution in [2.75, 3.05) is 6.61 Å². The molecule has 84 valence electrons. The Bertz CT molecular complexity index is 371. The van der Waals surface area contributed by atoms with Gasteiger partial charge in [0.05, 0.1) is 17.3 Å². The second-order valence-electron chi connectivity index (χ2n) is 5.62. The van der Waals surface area contributed by atoms with Crippen LogP contribution >= 0.6 is 11.3 Å². The molecular formula is C12H19NOS. The third kappa shape index (κ3) is 1.83. The fourth-order valence-corrected chi connectivity index (χ4v) is 3.18. The number of aromatic nitrogens is 1. The molecule has 2 rings (SSSR count). The molecule has 0 aromatic carbocycles. The Morgan fingerprint density at radius 1 is 1.40 bits per heavy atom. The monoisotopic (exact) mass is 225 g/mol. The highest BCUT2D eigenvalue weighted by Crippen LogP contribution is 2.51. The van der Waals surface area contributed by atoms with E-state index in [0.717, 1.165) is 18.5 Å². The van der Waals surface area contributed by atoms with Crippen LogP contribution in [-0.2, 0) is 10.8 Å². The average Bonchev–Trinajstić information content (AvgIpc) is 2.82. The quantitative estimate of drug-likeness (QED) is 0.839. The zero-order chi connectivity index (χ0) is 11.3. The average molecular weight is 225 g/mol. The molecule has 2 nitrogen and oxygen atoms in total. The number of hydrogen-bond donors (Lipinski definition) is 1. The lowest BCUT2D eigenvalue weighted by molar-refractivity contribution is 0.256. The van der Waals surface area contributed by atoms with E-state index in [4.69, 9.17) is 0 Å². The van der Waals surface area contributed by atoms with Crippen LogP contribution in [0, 0.1) is 6.92 Å². The Balaban J connectivity index is 2.39. The van der Waals surface area contributed by atoms with Gasteiger partial charge in [-0.2, -0.15) is 0 Å². The fourth-order valence-electron chi connectivity index (χ4n) is 1.82. The van der Waals surface area contributed by atoms with Gasteiger partial charge in [-0.15, -0.1) is 11.3 Å². The molecule has 1 aromatic heterocycles. The largest absolute Gasteiger partial charge is 0.395 e. The van der Waals surface area contributed by atoms with E-state index in [0.29, 0.717) is 0 Å². The van der Waals surface area contributed by atoms with E-state index in [1.165, 1.54) is 9.88 Å². The van der Waals surface area contributed by atoms with Crippen molar-refractivity contribution in [2.45, 2.75) is 51.4 Å². The van der Waals surface area contributed by atoms with Gasteiger partial charge in [0.1, 0.15) is 0 Å². The molecule has 1 aliphatic rings. The standard InChI is InChI=1S/C12H19NOS/c1-8-9(12(7-14)5-6-12)15-10(13-8)11(2,3)4/h14H,5-7H2,1-4H3. The third-order valence-corrected chi connectivity index (χ3v) is 4.91. The molecule has 0 unspecified atom stereocenters. The maximum atomic E-state index is 9.43. The van der Waals surface area contributed by atoms with Crippen LogP contribution in [0.4, 0.5) is 0 Å². The molecular weight excluding hydrogens is 206 g/mol. The van der Waals surface area contributed by atoms with Crippen LogP contribution in [0.2, 0.25) is 0 Å². The number of aliphatic hydroxyl groups excluding tert-OH is 1. The Morgan fingerprint density at radius 3 is 2.33 bits per heavy atom. The lowest BCUT2D eigenvalue weighted by atomic mass is 9.98. The summed E-state index contributed by atoms with van der Waals surface area (Å²) < 4.78 is 0. The first-order valence-electron chi connectivity index (χ1n) is 5.48. The zero-order valence-electron chi connectivity index (χ0n) is 9.92. The molecule has 0 atom stereocenters. The first-order chi connectivity index (χ1) is 6.89. The van der Waals surface area contributed by atoms with E-state index in [1.54, 1.807) is 11.3 Å². The number of aliphatic hydroxyl groups is 1. The van der Waals surface area contributed by atoms with Crippen LogP contribution in [0.15, 0.2) is 0 Å². The molecule has 1 fully saturated rings. The normalized spacial score (nSPS) is 19.3. The van der Waals surface area contributed by atoms with Gasteiger partial charge in [0.15, 0.2) is 0 Å². The summed E-state index contributed by atoms with van der Waals surface area (Å²) in [5.41, 5.74) is 1.32. The maximum absolute atomic E-state index is 9.43. The van der Waals surface area contributed by atoms with Crippen LogP contribution in [-0.4, -0.2) is 16.7 Å². The predicted octanol–water partition coefficient (Wildman–Crippen LogP) is 2.77. The number of hydrogen-bond acceptors (Lipinski definition) is 3. The van der Waals surface area contributed by atoms with Crippen molar-refractivity contribution in [1.29, 1.82) is 0 Å². The summed E-state index contributed by atoms with van der Waals surface area (Å²) >= 11 is 1.79. The number of nitrogens with zero attached hydrogens (tertiary/aromatic N) is 1. The van der Waals surface area contributed by atoms with Gasteiger partial charge < -0.3 is 5.11 Å². The highest BCUT2D eigenvalue weighted by Gasteiger charge is 2.46. The summed E-state index contributed by atoms with van der Waals surface area (Å²) in [7, 11) is 0. The summed E-state index contributed by atoms with van der Waals surface area (Å²) in [5, 5.41) is 10.6. The van der Waals surface area contributed by atoms with Crippen molar-refractivity contribution in [3.63, 3.8) is 0 Å². The maximum Gasteiger partial charge on any atom is 0.0984 e. The lowest BCUT2D eigenvalue weighted by Crippen LogP contribution is -2.11. The SMILES string of the molecule is Cc1nc(C(C)(C)C)sc1C1(CO)CC1. The van der Waals surface area contributed by atoms with Crippen molar-refractivity contribution in [3.8, 4) is 0 Å². The Kier molecular flexibility index (Phi) is 2.43. The Labute approximate surface area is 95.4 Å². The fraction of sp³-hybridized carbons (Fsp3) is 0.750. The second kappa shape index (κ2) is 3.29. The van der Waals surface area contributed by atoms with E-state index in [1.807, 2.05) is 0 Å². The minimum absolute atomic E-state index is 0.0747. The van der Waals surface area contributed by atoms with Crippen LogP contribution in [0.3, 0.4) is 0 Å². The van der Waals surface area contributed by atoms with Gasteiger partial charge in [0.25, 0.3) is 0 Å². The molecule has 1 heterocycles. The minimum atomic E-state index is 0.0747. The minimum Gasteiger partial charge on any atom is -0.395 e. The third-order valence-electron chi connectivity index (χ3n) is 3.08. The van der Waals surface area contributed by atoms with Crippen LogP contribution in [0.1, 0.15) is 49.2 Å². The first-order valence-corrected chi connectivity index (χ1v) is 6.30. The molecule has 1 aliphatic carbocycles. The number of aryl methyl sites for hydroxylation is 1. The van der Waals surface area contributed by atoms with E-state index in [9.17, 15) is 5.11 Å². The summed E-state index contributed by atoms with van der Waals surface area (Å²) in [6.07, 6.45) is 2.24. The highest BCUT2D eigenvalue weighted by molar-refractivity contribution is 7.12. The summed E-state index contributed by atoms with van der Waals surface area (Å²) in [6.45, 7) is 8.91. The van der Waals surface area contributed by atoms with Crippen LogP contribution in [0.25, 0.3) is 0 Å². The first kappa shape index (κ1) is 11.1. The summed E-state index contributed by atoms with van der Waals surface area (Å²) in [5.74, 6) is 0. The van der Waals surface area contributed by atoms with Crippen molar-refractivity contribution in [1.82, 2.24) is 4.98 Å². The molecule has 0 aliphatic heterocycles. The highest BCUT2D eigenvalue weighted by atomic mass is 32.1. The van der Waals surface area contributed by atoms with Crippen molar-refractivity contribution in [3.05, 3.63) is 15.6 Å². The predicted molar refractivity (Wildman–Crippen MR) is 63.5 cm³/mol. The van der Waals surface area contributed by atoms with E-state index < -0.39 is 0 Å². The number of thiazole rings is 1. The zero-order valence-corrected chi connectivity index (χ0v) is 10.7. The Hall–Kier alpha value is -0.410. The van der Waals surface area contributed by atoms with Gasteiger partial charge >= 0.3 is 0 Å². The molecule has 1 saturated carbocycles. The van der Waals surface area contributed by atoms with Crippen LogP contribution in [0.5, 0.6) is 0 Å². The molecule has 0 saturated heterocycles. The van der Waals surface area contributed by atoms with Gasteiger partial charge in [0.2, 0.25) is 0 Å². The Morgan fingerprint density at radius 2 is 2.00 bits per heavy atom. The van der Waals surface area contributed by atoms with Gasteiger partial charge in [-0.05, 0) is 19.8 Å². The van der Waals surface area contributed by atoms with Crippen molar-refractivity contribution < 1.29 is 5.11 Å². The van der Waals surface area contributed by atoms with Crippen molar-refractivity contribution >= 4 is 11.3 Å². The van der Waals surface area contributed by atoms with Gasteiger partial charge in [-0.1, -0.05) is 20.8 Å². The molecule has 0 bridgehead atoms. The lowest BCUT2D eigenvalue weighted by Gasteiger charge is -2.14. The molecule has 1 aromatic rings. The molecule has 3 heteroatoms. The smallest absolute Gasteiger partial charge is 0.0984 e. The summed E-state index contributed by atoms with van der Waals surface area (Å²) in [6, 6.07) is 0. The van der Waals surface area contributed by atoms with Gasteiger partial charge in [0, 0.05) is 15.7 Å². The van der Waals surface area contributed by atoms with E-state index in [-0.39, 0.29) is 17.4 Å².